The van der Waals surface area contributed by atoms with E-state index in [9.17, 15) is 0 Å². The first kappa shape index (κ1) is 25.0. The zero-order valence-electron chi connectivity index (χ0n) is 18.9. The van der Waals surface area contributed by atoms with Crippen molar-refractivity contribution in [3.05, 3.63) is 16.8 Å². The van der Waals surface area contributed by atoms with Crippen molar-refractivity contribution in [3.63, 3.8) is 0 Å². The number of halogens is 2. The van der Waals surface area contributed by atoms with E-state index in [-0.39, 0.29) is 5.28 Å². The third-order valence-electron chi connectivity index (χ3n) is 5.89. The number of rotatable bonds is 17. The summed E-state index contributed by atoms with van der Waals surface area (Å²) in [6, 6.07) is 0. The van der Waals surface area contributed by atoms with E-state index < -0.39 is 0 Å². The Morgan fingerprint density at radius 2 is 1.28 bits per heavy atom. The second kappa shape index (κ2) is 14.5. The maximum atomic E-state index is 6.20. The summed E-state index contributed by atoms with van der Waals surface area (Å²) in [5.74, 6) is 0. The molecule has 0 spiro atoms. The van der Waals surface area contributed by atoms with Crippen LogP contribution in [0, 0.1) is 0 Å². The van der Waals surface area contributed by atoms with Gasteiger partial charge < -0.3 is 4.57 Å². The number of hydrogen-bond acceptors (Lipinski definition) is 7. The van der Waals surface area contributed by atoms with Crippen LogP contribution in [0.15, 0.2) is 11.4 Å². The number of aromatic nitrogens is 4. The van der Waals surface area contributed by atoms with E-state index in [0.717, 1.165) is 25.0 Å². The summed E-state index contributed by atoms with van der Waals surface area (Å²) < 4.78 is 2.03. The first-order valence-corrected chi connectivity index (χ1v) is 12.8. The molecule has 8 nitrogen and oxygen atoms in total. The first-order valence-electron chi connectivity index (χ1n) is 12.1. The molecular weight excluding hydrogens is 447 g/mol. The molecule has 2 aromatic rings. The monoisotopic (exact) mass is 482 g/mol. The van der Waals surface area contributed by atoms with Gasteiger partial charge in [0, 0.05) is 13.1 Å². The molecule has 178 valence electrons. The zero-order valence-corrected chi connectivity index (χ0v) is 20.4. The predicted molar refractivity (Wildman–Crippen MR) is 131 cm³/mol. The summed E-state index contributed by atoms with van der Waals surface area (Å²) in [6.07, 6.45) is 21.9. The van der Waals surface area contributed by atoms with Gasteiger partial charge in [0.15, 0.2) is 10.8 Å². The van der Waals surface area contributed by atoms with Gasteiger partial charge in [-0.1, -0.05) is 88.7 Å². The lowest BCUT2D eigenvalue weighted by Crippen LogP contribution is -2.39. The molecular formula is C22H36Cl2N8. The average molecular weight is 483 g/mol. The molecule has 3 heterocycles. The number of aryl methyl sites for hydroxylation is 1. The Bertz CT molecular complexity index is 818. The number of hydrazone groups is 1. The van der Waals surface area contributed by atoms with Crippen molar-refractivity contribution in [1.29, 1.82) is 0 Å². The highest BCUT2D eigenvalue weighted by molar-refractivity contribution is 6.35. The number of hydrazine groups is 2. The fourth-order valence-electron chi connectivity index (χ4n) is 4.09. The van der Waals surface area contributed by atoms with Gasteiger partial charge in [-0.25, -0.2) is 15.5 Å². The molecule has 1 aliphatic rings. The quantitative estimate of drug-likeness (QED) is 0.167. The fraction of sp³-hybridized carbons (Fsp3) is 0.727. The predicted octanol–water partition coefficient (Wildman–Crippen LogP) is 5.86. The number of imidazole rings is 1. The van der Waals surface area contributed by atoms with Gasteiger partial charge in [-0.3, -0.25) is 5.43 Å². The van der Waals surface area contributed by atoms with Gasteiger partial charge in [0.05, 0.1) is 6.33 Å². The summed E-state index contributed by atoms with van der Waals surface area (Å²) in [7, 11) is 0. The van der Waals surface area contributed by atoms with Crippen molar-refractivity contribution >= 4 is 40.7 Å². The topological polar surface area (TPSA) is 83.3 Å². The minimum Gasteiger partial charge on any atom is -0.327 e. The van der Waals surface area contributed by atoms with Crippen molar-refractivity contribution in [3.8, 4) is 0 Å². The van der Waals surface area contributed by atoms with Gasteiger partial charge in [-0.2, -0.15) is 10.1 Å². The Morgan fingerprint density at radius 1 is 0.719 bits per heavy atom. The maximum Gasteiger partial charge on any atom is 0.225 e. The molecule has 0 radical (unpaired) electrons. The normalized spacial score (nSPS) is 13.7. The Labute approximate surface area is 201 Å². The molecule has 2 aromatic heterocycles. The SMILES string of the molecule is Clc1nc(Cl)c2c(ncn2CCCCCCCCCCCCCCCCN2NC=NN2)n1. The molecule has 0 bridgehead atoms. The number of nitrogens with zero attached hydrogens (tertiary/aromatic N) is 6. The third-order valence-corrected chi connectivity index (χ3v) is 6.32. The molecule has 2 N–H and O–H groups in total. The minimum atomic E-state index is 0.142. The summed E-state index contributed by atoms with van der Waals surface area (Å²) >= 11 is 12.0. The van der Waals surface area contributed by atoms with Crippen LogP contribution in [0.4, 0.5) is 0 Å². The second-order valence-corrected chi connectivity index (χ2v) is 9.18. The molecule has 0 aliphatic carbocycles. The highest BCUT2D eigenvalue weighted by atomic mass is 35.5. The Morgan fingerprint density at radius 3 is 1.84 bits per heavy atom. The van der Waals surface area contributed by atoms with Crippen molar-refractivity contribution < 1.29 is 0 Å². The summed E-state index contributed by atoms with van der Waals surface area (Å²) in [4.78, 5) is 12.4. The van der Waals surface area contributed by atoms with E-state index in [1.165, 1.54) is 83.5 Å². The van der Waals surface area contributed by atoms with Gasteiger partial charge in [0.2, 0.25) is 5.28 Å². The van der Waals surface area contributed by atoms with Crippen LogP contribution in [0.5, 0.6) is 0 Å². The number of nitrogens with one attached hydrogen (secondary N) is 2. The van der Waals surface area contributed by atoms with Crippen LogP contribution < -0.4 is 11.0 Å². The zero-order chi connectivity index (χ0) is 22.4. The number of fused-ring (bicyclic) bond motifs is 1. The van der Waals surface area contributed by atoms with Crippen LogP contribution in [0.3, 0.4) is 0 Å². The van der Waals surface area contributed by atoms with Gasteiger partial charge >= 0.3 is 0 Å². The van der Waals surface area contributed by atoms with E-state index in [1.807, 2.05) is 9.69 Å². The lowest BCUT2D eigenvalue weighted by Gasteiger charge is -2.13. The van der Waals surface area contributed by atoms with E-state index in [2.05, 4.69) is 31.0 Å². The van der Waals surface area contributed by atoms with Crippen molar-refractivity contribution in [1.82, 2.24) is 35.6 Å². The standard InChI is InChI=1S/C22H36Cl2N8/c23-20-19-21(29-22(24)28-20)25-18-31(19)15-13-11-9-7-5-3-1-2-4-6-8-10-12-14-16-32-27-17-26-30-32/h17-18,30H,1-16H2,(H,26,27). The number of hydrogen-bond donors (Lipinski definition) is 2. The van der Waals surface area contributed by atoms with Gasteiger partial charge in [0.1, 0.15) is 11.9 Å². The Kier molecular flexibility index (Phi) is 11.3. The van der Waals surface area contributed by atoms with Crippen LogP contribution in [-0.2, 0) is 6.54 Å². The van der Waals surface area contributed by atoms with Crippen LogP contribution in [-0.4, -0.2) is 37.5 Å². The van der Waals surface area contributed by atoms with Crippen LogP contribution in [0.2, 0.25) is 10.4 Å². The molecule has 32 heavy (non-hydrogen) atoms. The Balaban J connectivity index is 1.08. The summed E-state index contributed by atoms with van der Waals surface area (Å²) in [6.45, 7) is 1.89. The molecule has 3 rings (SSSR count). The van der Waals surface area contributed by atoms with Crippen LogP contribution >= 0.6 is 23.2 Å². The highest BCUT2D eigenvalue weighted by Crippen LogP contribution is 2.22. The highest BCUT2D eigenvalue weighted by Gasteiger charge is 2.11. The van der Waals surface area contributed by atoms with E-state index in [0.29, 0.717) is 10.8 Å². The fourth-order valence-corrected chi connectivity index (χ4v) is 4.58. The van der Waals surface area contributed by atoms with Crippen LogP contribution in [0.25, 0.3) is 11.2 Å². The lowest BCUT2D eigenvalue weighted by molar-refractivity contribution is 0.176. The molecule has 0 saturated carbocycles. The lowest BCUT2D eigenvalue weighted by atomic mass is 10.0. The number of unbranched alkanes of at least 4 members (excludes halogenated alkanes) is 13. The first-order chi connectivity index (χ1) is 15.7. The van der Waals surface area contributed by atoms with E-state index in [1.54, 1.807) is 12.7 Å². The van der Waals surface area contributed by atoms with Crippen molar-refractivity contribution in [2.24, 2.45) is 5.10 Å². The van der Waals surface area contributed by atoms with Crippen molar-refractivity contribution in [2.75, 3.05) is 6.54 Å². The maximum absolute atomic E-state index is 6.20. The molecule has 0 unspecified atom stereocenters. The van der Waals surface area contributed by atoms with Gasteiger partial charge in [-0.05, 0) is 24.4 Å². The smallest absolute Gasteiger partial charge is 0.225 e. The molecule has 10 heteroatoms. The molecule has 0 amide bonds. The molecule has 0 saturated heterocycles. The van der Waals surface area contributed by atoms with E-state index in [4.69, 9.17) is 23.2 Å². The van der Waals surface area contributed by atoms with Crippen molar-refractivity contribution in [2.45, 2.75) is 96.4 Å². The third kappa shape index (κ3) is 8.71. The largest absolute Gasteiger partial charge is 0.327 e. The molecule has 1 aliphatic heterocycles. The summed E-state index contributed by atoms with van der Waals surface area (Å²) in [5, 5.41) is 6.34. The van der Waals surface area contributed by atoms with E-state index >= 15 is 0 Å². The average Bonchev–Trinajstić information content (AvgIpc) is 3.43. The minimum absolute atomic E-state index is 0.142. The molecule has 0 atom stereocenters. The molecule has 0 fully saturated rings. The van der Waals surface area contributed by atoms with Gasteiger partial charge in [-0.15, -0.1) is 5.12 Å². The van der Waals surface area contributed by atoms with Gasteiger partial charge in [0.25, 0.3) is 0 Å². The second-order valence-electron chi connectivity index (χ2n) is 8.48. The molecule has 0 aromatic carbocycles. The van der Waals surface area contributed by atoms with Crippen LogP contribution in [0.1, 0.15) is 89.9 Å². The summed E-state index contributed by atoms with van der Waals surface area (Å²) in [5.41, 5.74) is 7.28. The Hall–Kier alpha value is -1.64.